The molecule has 0 amide bonds. The molecule has 17 heavy (non-hydrogen) atoms. The summed E-state index contributed by atoms with van der Waals surface area (Å²) < 4.78 is 0. The van der Waals surface area contributed by atoms with Crippen molar-refractivity contribution in [3.63, 3.8) is 0 Å². The second-order valence-corrected chi connectivity index (χ2v) is 2.99. The van der Waals surface area contributed by atoms with E-state index in [0.717, 1.165) is 5.56 Å². The Morgan fingerprint density at radius 3 is 1.82 bits per heavy atom. The summed E-state index contributed by atoms with van der Waals surface area (Å²) in [5.41, 5.74) is 2.37. The van der Waals surface area contributed by atoms with Crippen molar-refractivity contribution in [2.24, 2.45) is 0 Å². The van der Waals surface area contributed by atoms with E-state index in [4.69, 9.17) is 15.1 Å². The number of benzene rings is 2. The summed E-state index contributed by atoms with van der Waals surface area (Å²) in [5.74, 6) is 0. The van der Waals surface area contributed by atoms with Gasteiger partial charge in [-0.25, -0.2) is 0 Å². The molecule has 0 spiro atoms. The largest absolute Gasteiger partial charge is 1.00 e. The van der Waals surface area contributed by atoms with Crippen molar-refractivity contribution in [3.05, 3.63) is 60.7 Å². The van der Waals surface area contributed by atoms with Gasteiger partial charge in [0.05, 0.1) is 0 Å². The number of hydrogen-bond acceptors (Lipinski definition) is 3. The minimum atomic E-state index is -2.17. The van der Waals surface area contributed by atoms with Gasteiger partial charge in [-0.05, 0) is 0 Å². The van der Waals surface area contributed by atoms with Crippen molar-refractivity contribution in [2.75, 3.05) is 0 Å². The van der Waals surface area contributed by atoms with Crippen LogP contribution in [0.5, 0.6) is 0 Å². The molecule has 0 aliphatic rings. The van der Waals surface area contributed by atoms with Gasteiger partial charge in [-0.15, -0.1) is 35.9 Å². The van der Waals surface area contributed by atoms with Gasteiger partial charge in [-0.2, -0.15) is 0 Å². The van der Waals surface area contributed by atoms with Crippen molar-refractivity contribution >= 4 is 7.32 Å². The molecular formula is C12H12BNaO3. The smallest absolute Gasteiger partial charge is 0.402 e. The first-order valence-electron chi connectivity index (χ1n) is 4.76. The molecule has 0 saturated heterocycles. The van der Waals surface area contributed by atoms with E-state index < -0.39 is 7.32 Å². The molecular weight excluding hydrogens is 226 g/mol. The molecule has 0 heterocycles. The van der Waals surface area contributed by atoms with Crippen LogP contribution in [0.4, 0.5) is 0 Å². The molecule has 5 heteroatoms. The van der Waals surface area contributed by atoms with Crippen LogP contribution in [-0.2, 0) is 0 Å². The molecule has 0 unspecified atom stereocenters. The molecule has 0 saturated carbocycles. The maximum atomic E-state index is 7.17. The van der Waals surface area contributed by atoms with Crippen LogP contribution in [0, 0.1) is 6.07 Å². The molecule has 0 bridgehead atoms. The fourth-order valence-corrected chi connectivity index (χ4v) is 1.19. The first-order chi connectivity index (χ1) is 7.70. The van der Waals surface area contributed by atoms with Gasteiger partial charge >= 0.3 is 36.9 Å². The fraction of sp³-hybridized carbons (Fsp3) is 0. The first-order valence-corrected chi connectivity index (χ1v) is 4.76. The van der Waals surface area contributed by atoms with Crippen LogP contribution < -0.4 is 29.6 Å². The van der Waals surface area contributed by atoms with E-state index >= 15 is 0 Å². The van der Waals surface area contributed by atoms with Crippen molar-refractivity contribution in [1.82, 2.24) is 0 Å². The Hall–Kier alpha value is -0.615. The van der Waals surface area contributed by atoms with Crippen molar-refractivity contribution < 1.29 is 44.6 Å². The minimum absolute atomic E-state index is 0. The van der Waals surface area contributed by atoms with Gasteiger partial charge in [0.2, 0.25) is 0 Å². The molecule has 3 N–H and O–H groups in total. The zero-order valence-electron chi connectivity index (χ0n) is 9.62. The Morgan fingerprint density at radius 1 is 0.824 bits per heavy atom. The zero-order chi connectivity index (χ0) is 11.8. The molecule has 82 valence electrons. The van der Waals surface area contributed by atoms with Gasteiger partial charge < -0.3 is 15.1 Å². The summed E-state index contributed by atoms with van der Waals surface area (Å²) in [6.07, 6.45) is 0. The van der Waals surface area contributed by atoms with E-state index in [1.54, 1.807) is 0 Å². The third kappa shape index (κ3) is 7.33. The summed E-state index contributed by atoms with van der Waals surface area (Å²) in [6.45, 7) is 0. The van der Waals surface area contributed by atoms with Gasteiger partial charge in [0.25, 0.3) is 0 Å². The topological polar surface area (TPSA) is 60.7 Å². The molecule has 0 aliphatic heterocycles. The molecule has 0 fully saturated rings. The van der Waals surface area contributed by atoms with Gasteiger partial charge in [0, 0.05) is 0 Å². The van der Waals surface area contributed by atoms with E-state index in [2.05, 4.69) is 24.3 Å². The molecule has 2 rings (SSSR count). The third-order valence-corrected chi connectivity index (χ3v) is 1.79. The van der Waals surface area contributed by atoms with Gasteiger partial charge in [0.15, 0.2) is 0 Å². The van der Waals surface area contributed by atoms with Crippen LogP contribution in [0.25, 0.3) is 11.1 Å². The standard InChI is InChI=1S/C12H9.BH3O3.Na/c1-3-7-11(8-4-1)12-9-5-2-6-10-12;2-1(3)4;/h1-9H;2-4H;/q-1;;+1. The predicted molar refractivity (Wildman–Crippen MR) is 63.1 cm³/mol. The molecule has 0 aliphatic carbocycles. The number of rotatable bonds is 1. The first kappa shape index (κ1) is 16.4. The van der Waals surface area contributed by atoms with E-state index in [1.165, 1.54) is 5.56 Å². The van der Waals surface area contributed by atoms with Crippen LogP contribution in [0.15, 0.2) is 54.6 Å². The fourth-order valence-electron chi connectivity index (χ4n) is 1.19. The van der Waals surface area contributed by atoms with Crippen LogP contribution in [0.1, 0.15) is 0 Å². The van der Waals surface area contributed by atoms with E-state index in [1.807, 2.05) is 36.4 Å². The molecule has 0 radical (unpaired) electrons. The van der Waals surface area contributed by atoms with Crippen molar-refractivity contribution in [1.29, 1.82) is 0 Å². The van der Waals surface area contributed by atoms with E-state index in [-0.39, 0.29) is 29.6 Å². The van der Waals surface area contributed by atoms with Crippen molar-refractivity contribution in [3.8, 4) is 11.1 Å². The van der Waals surface area contributed by atoms with Crippen LogP contribution >= 0.6 is 0 Å². The Bertz CT molecular complexity index is 355. The average molecular weight is 238 g/mol. The second kappa shape index (κ2) is 9.42. The Labute approximate surface area is 123 Å². The summed E-state index contributed by atoms with van der Waals surface area (Å²) in [5, 5.41) is 21.5. The van der Waals surface area contributed by atoms with Crippen molar-refractivity contribution in [2.45, 2.75) is 0 Å². The minimum Gasteiger partial charge on any atom is -0.402 e. The Morgan fingerprint density at radius 2 is 1.35 bits per heavy atom. The van der Waals surface area contributed by atoms with Crippen LogP contribution in [-0.4, -0.2) is 22.4 Å². The summed E-state index contributed by atoms with van der Waals surface area (Å²) in [6, 6.07) is 21.5. The molecule has 3 nitrogen and oxygen atoms in total. The zero-order valence-corrected chi connectivity index (χ0v) is 11.6. The van der Waals surface area contributed by atoms with Crippen LogP contribution in [0.3, 0.4) is 0 Å². The Balaban J connectivity index is 0.000000453. The van der Waals surface area contributed by atoms with E-state index in [0.29, 0.717) is 0 Å². The average Bonchev–Trinajstić information content (AvgIpc) is 2.31. The predicted octanol–water partition coefficient (Wildman–Crippen LogP) is -1.89. The van der Waals surface area contributed by atoms with E-state index in [9.17, 15) is 0 Å². The molecule has 2 aromatic rings. The summed E-state index contributed by atoms with van der Waals surface area (Å²) in [7, 11) is -2.17. The second-order valence-electron chi connectivity index (χ2n) is 2.99. The van der Waals surface area contributed by atoms with Gasteiger partial charge in [0.1, 0.15) is 0 Å². The normalized spacial score (nSPS) is 8.41. The number of hydrogen-bond donors (Lipinski definition) is 3. The van der Waals surface area contributed by atoms with Gasteiger partial charge in [-0.1, -0.05) is 35.9 Å². The summed E-state index contributed by atoms with van der Waals surface area (Å²) in [4.78, 5) is 0. The molecule has 2 aromatic carbocycles. The maximum Gasteiger partial charge on any atom is 1.00 e. The third-order valence-electron chi connectivity index (χ3n) is 1.79. The molecule has 0 aromatic heterocycles. The van der Waals surface area contributed by atoms with Gasteiger partial charge in [-0.3, -0.25) is 0 Å². The quantitative estimate of drug-likeness (QED) is 0.402. The monoisotopic (exact) mass is 238 g/mol. The SMILES string of the molecule is OB(O)O.[Na+].[c-]1ccccc1-c1ccccc1. The van der Waals surface area contributed by atoms with Crippen LogP contribution in [0.2, 0.25) is 0 Å². The summed E-state index contributed by atoms with van der Waals surface area (Å²) >= 11 is 0. The Kier molecular flexibility index (Phi) is 9.08. The molecule has 0 atom stereocenters. The maximum absolute atomic E-state index is 7.17.